The number of hydrogen-bond acceptors (Lipinski definition) is 6. The molecule has 0 bridgehead atoms. The minimum Gasteiger partial charge on any atom is -0.494 e. The van der Waals surface area contributed by atoms with Crippen LogP contribution in [0.3, 0.4) is 0 Å². The molecule has 0 aliphatic heterocycles. The quantitative estimate of drug-likeness (QED) is 0.0990. The lowest BCUT2D eigenvalue weighted by atomic mass is 9.93. The second kappa shape index (κ2) is 24.8. The molecule has 0 aromatic heterocycles. The van der Waals surface area contributed by atoms with E-state index in [0.29, 0.717) is 13.2 Å². The van der Waals surface area contributed by atoms with Gasteiger partial charge in [-0.1, -0.05) is 128 Å². The molecule has 2 N–H and O–H groups in total. The molecule has 0 fully saturated rings. The lowest BCUT2D eigenvalue weighted by Gasteiger charge is -2.32. The van der Waals surface area contributed by atoms with Gasteiger partial charge < -0.3 is 29.6 Å². The topological polar surface area (TPSA) is 95.1 Å². The maximum Gasteiger partial charge on any atom is 0.408 e. The van der Waals surface area contributed by atoms with Crippen molar-refractivity contribution in [2.24, 2.45) is 0 Å². The Kier molecular flexibility index (Phi) is 21.3. The van der Waals surface area contributed by atoms with Crippen molar-refractivity contribution >= 4 is 12.2 Å². The predicted molar refractivity (Wildman–Crippen MR) is 213 cm³/mol. The van der Waals surface area contributed by atoms with E-state index in [1.165, 1.54) is 77.0 Å². The van der Waals surface area contributed by atoms with Gasteiger partial charge in [0.1, 0.15) is 22.7 Å². The summed E-state index contributed by atoms with van der Waals surface area (Å²) in [7, 11) is 0. The van der Waals surface area contributed by atoms with Crippen LogP contribution >= 0.6 is 0 Å². The Morgan fingerprint density at radius 1 is 0.481 bits per heavy atom. The summed E-state index contributed by atoms with van der Waals surface area (Å²) in [5.41, 5.74) is 0.149. The first-order chi connectivity index (χ1) is 24.8. The van der Waals surface area contributed by atoms with Crippen molar-refractivity contribution < 1.29 is 28.5 Å². The summed E-state index contributed by atoms with van der Waals surface area (Å²) in [6.07, 6.45) is 18.7. The van der Waals surface area contributed by atoms with Crippen LogP contribution < -0.4 is 20.1 Å². The van der Waals surface area contributed by atoms with E-state index in [4.69, 9.17) is 18.9 Å². The lowest BCUT2D eigenvalue weighted by molar-refractivity contribution is 0.0427. The van der Waals surface area contributed by atoms with Gasteiger partial charge >= 0.3 is 12.2 Å². The summed E-state index contributed by atoms with van der Waals surface area (Å²) >= 11 is 0. The van der Waals surface area contributed by atoms with Crippen LogP contribution in [-0.2, 0) is 9.47 Å². The zero-order valence-electron chi connectivity index (χ0n) is 34.0. The first-order valence-electron chi connectivity index (χ1n) is 20.3. The molecule has 0 unspecified atom stereocenters. The third-order valence-corrected chi connectivity index (χ3v) is 8.69. The van der Waals surface area contributed by atoms with Gasteiger partial charge in [-0.15, -0.1) is 0 Å². The van der Waals surface area contributed by atoms with Crippen LogP contribution in [0.15, 0.2) is 48.5 Å². The SMILES string of the molecule is CCCCCCCCCCOc1ccc([C@@H](NC(=O)OC(C)(C)C)[C@H](NC(=O)OC(C)(C)C)c2ccc(OCCCCCCCCCC)cc2)cc1. The van der Waals surface area contributed by atoms with E-state index < -0.39 is 35.5 Å². The van der Waals surface area contributed by atoms with Crippen LogP contribution in [0.5, 0.6) is 11.5 Å². The number of unbranched alkanes of at least 4 members (excludes halogenated alkanes) is 14. The van der Waals surface area contributed by atoms with E-state index in [1.54, 1.807) is 0 Å². The maximum absolute atomic E-state index is 13.3. The minimum atomic E-state index is -0.704. The number of carbonyl (C=O) groups excluding carboxylic acids is 2. The molecule has 52 heavy (non-hydrogen) atoms. The van der Waals surface area contributed by atoms with Crippen molar-refractivity contribution in [3.05, 3.63) is 59.7 Å². The third-order valence-electron chi connectivity index (χ3n) is 8.69. The number of benzene rings is 2. The van der Waals surface area contributed by atoms with Gasteiger partial charge in [0.25, 0.3) is 0 Å². The molecule has 0 heterocycles. The maximum atomic E-state index is 13.3. The van der Waals surface area contributed by atoms with Gasteiger partial charge in [-0.05, 0) is 89.8 Å². The summed E-state index contributed by atoms with van der Waals surface area (Å²) in [4.78, 5) is 26.5. The fraction of sp³-hybridized carbons (Fsp3) is 0.682. The number of rotatable bonds is 25. The summed E-state index contributed by atoms with van der Waals surface area (Å²) in [5.74, 6) is 1.52. The van der Waals surface area contributed by atoms with Crippen LogP contribution in [0.1, 0.15) is 181 Å². The van der Waals surface area contributed by atoms with Crippen molar-refractivity contribution in [2.45, 2.75) is 181 Å². The van der Waals surface area contributed by atoms with Crippen LogP contribution in [-0.4, -0.2) is 36.6 Å². The van der Waals surface area contributed by atoms with E-state index in [2.05, 4.69) is 24.5 Å². The highest BCUT2D eigenvalue weighted by Gasteiger charge is 2.31. The Labute approximate surface area is 316 Å². The molecule has 294 valence electrons. The molecule has 0 radical (unpaired) electrons. The molecular weight excluding hydrogens is 652 g/mol. The summed E-state index contributed by atoms with van der Waals surface area (Å²) in [6.45, 7) is 16.7. The van der Waals surface area contributed by atoms with Gasteiger partial charge in [0.05, 0.1) is 25.3 Å². The average Bonchev–Trinajstić information content (AvgIpc) is 3.07. The lowest BCUT2D eigenvalue weighted by Crippen LogP contribution is -2.44. The van der Waals surface area contributed by atoms with Crippen LogP contribution in [0.2, 0.25) is 0 Å². The van der Waals surface area contributed by atoms with Crippen LogP contribution in [0.4, 0.5) is 9.59 Å². The van der Waals surface area contributed by atoms with Crippen molar-refractivity contribution in [1.82, 2.24) is 10.6 Å². The molecular formula is C44H72N2O6. The van der Waals surface area contributed by atoms with Crippen LogP contribution in [0, 0.1) is 0 Å². The molecule has 2 rings (SSSR count). The first kappa shape index (κ1) is 44.7. The fourth-order valence-corrected chi connectivity index (χ4v) is 5.98. The van der Waals surface area contributed by atoms with Crippen molar-refractivity contribution in [2.75, 3.05) is 13.2 Å². The zero-order valence-corrected chi connectivity index (χ0v) is 34.0. The van der Waals surface area contributed by atoms with Crippen molar-refractivity contribution in [3.8, 4) is 11.5 Å². The van der Waals surface area contributed by atoms with Gasteiger partial charge in [-0.2, -0.15) is 0 Å². The van der Waals surface area contributed by atoms with E-state index >= 15 is 0 Å². The summed E-state index contributed by atoms with van der Waals surface area (Å²) in [5, 5.41) is 6.08. The normalized spacial score (nSPS) is 12.8. The fourth-order valence-electron chi connectivity index (χ4n) is 5.98. The molecule has 2 atom stereocenters. The van der Waals surface area contributed by atoms with Crippen molar-refractivity contribution in [3.63, 3.8) is 0 Å². The smallest absolute Gasteiger partial charge is 0.408 e. The van der Waals surface area contributed by atoms with Gasteiger partial charge in [-0.3, -0.25) is 0 Å². The number of ether oxygens (including phenoxy) is 4. The number of alkyl carbamates (subject to hydrolysis) is 2. The Hall–Kier alpha value is -3.42. The molecule has 2 aromatic rings. The highest BCUT2D eigenvalue weighted by molar-refractivity contribution is 5.71. The number of amides is 2. The molecule has 0 aliphatic carbocycles. The van der Waals surface area contributed by atoms with E-state index in [0.717, 1.165) is 48.3 Å². The van der Waals surface area contributed by atoms with E-state index in [-0.39, 0.29) is 0 Å². The molecule has 8 nitrogen and oxygen atoms in total. The Morgan fingerprint density at radius 2 is 0.769 bits per heavy atom. The molecule has 0 saturated heterocycles. The summed E-state index contributed by atoms with van der Waals surface area (Å²) in [6, 6.07) is 14.0. The van der Waals surface area contributed by atoms with E-state index in [9.17, 15) is 9.59 Å². The Bertz CT molecular complexity index is 1140. The zero-order chi connectivity index (χ0) is 38.2. The molecule has 0 aliphatic rings. The molecule has 2 amide bonds. The minimum absolute atomic E-state index is 0.589. The highest BCUT2D eigenvalue weighted by Crippen LogP contribution is 2.32. The van der Waals surface area contributed by atoms with Gasteiger partial charge in [-0.25, -0.2) is 9.59 Å². The molecule has 0 saturated carbocycles. The second-order valence-electron chi connectivity index (χ2n) is 16.0. The molecule has 2 aromatic carbocycles. The van der Waals surface area contributed by atoms with Gasteiger partial charge in [0.2, 0.25) is 0 Å². The van der Waals surface area contributed by atoms with Crippen LogP contribution in [0.25, 0.3) is 0 Å². The second-order valence-corrected chi connectivity index (χ2v) is 16.0. The van der Waals surface area contributed by atoms with Crippen molar-refractivity contribution in [1.29, 1.82) is 0 Å². The third kappa shape index (κ3) is 20.6. The van der Waals surface area contributed by atoms with Gasteiger partial charge in [0, 0.05) is 0 Å². The molecule has 8 heteroatoms. The Balaban J connectivity index is 2.19. The predicted octanol–water partition coefficient (Wildman–Crippen LogP) is 12.6. The first-order valence-corrected chi connectivity index (χ1v) is 20.3. The highest BCUT2D eigenvalue weighted by atomic mass is 16.6. The number of carbonyl (C=O) groups is 2. The average molecular weight is 725 g/mol. The standard InChI is InChI=1S/C44H72N2O6/c1-9-11-13-15-17-19-21-23-33-49-37-29-25-35(26-30-37)39(45-41(47)51-43(3,4)5)40(46-42(48)52-44(6,7)8)36-27-31-38(32-28-36)50-34-24-22-20-18-16-14-12-10-2/h25-32,39-40H,9-24,33-34H2,1-8H3,(H,45,47)(H,46,48)/t39-,40-/m1/s1. The largest absolute Gasteiger partial charge is 0.494 e. The van der Waals surface area contributed by atoms with Gasteiger partial charge in [0.15, 0.2) is 0 Å². The number of hydrogen-bond donors (Lipinski definition) is 2. The Morgan fingerprint density at radius 3 is 1.06 bits per heavy atom. The summed E-state index contributed by atoms with van der Waals surface area (Å²) < 4.78 is 23.5. The monoisotopic (exact) mass is 725 g/mol. The number of nitrogens with one attached hydrogen (secondary N) is 2. The van der Waals surface area contributed by atoms with E-state index in [1.807, 2.05) is 90.1 Å². The molecule has 0 spiro atoms.